The maximum atomic E-state index is 12.2. The van der Waals surface area contributed by atoms with Crippen molar-refractivity contribution >= 4 is 55.7 Å². The molecule has 3 rings (SSSR count). The van der Waals surface area contributed by atoms with E-state index in [1.165, 1.54) is 16.2 Å². The molecule has 2 aromatic rings. The van der Waals surface area contributed by atoms with Crippen LogP contribution in [0.5, 0.6) is 0 Å². The first-order chi connectivity index (χ1) is 10.9. The lowest BCUT2D eigenvalue weighted by Gasteiger charge is -2.17. The first kappa shape index (κ1) is 15.8. The molecule has 1 aromatic heterocycles. The average Bonchev–Trinajstić information content (AvgIpc) is 2.96. The first-order valence-electron chi connectivity index (χ1n) is 6.63. The number of hydrogen-bond acceptors (Lipinski definition) is 6. The Kier molecular flexibility index (Phi) is 3.99. The quantitative estimate of drug-likeness (QED) is 0.804. The zero-order chi connectivity index (χ0) is 16.7. The Morgan fingerprint density at radius 2 is 2.04 bits per heavy atom. The highest BCUT2D eigenvalue weighted by Gasteiger charge is 2.38. The van der Waals surface area contributed by atoms with E-state index in [4.69, 9.17) is 0 Å². The molecule has 0 atom stereocenters. The Morgan fingerprint density at radius 1 is 1.30 bits per heavy atom. The number of fused-ring (bicyclic) bond motifs is 1. The zero-order valence-corrected chi connectivity index (χ0v) is 14.6. The minimum atomic E-state index is -0.704. The summed E-state index contributed by atoms with van der Waals surface area (Å²) in [5.41, 5.74) is 1.53. The van der Waals surface area contributed by atoms with Gasteiger partial charge >= 0.3 is 0 Å². The normalized spacial score (nSPS) is 13.4. The van der Waals surface area contributed by atoms with Crippen LogP contribution in [0.1, 0.15) is 20.9 Å². The highest BCUT2D eigenvalue weighted by Crippen LogP contribution is 2.34. The fourth-order valence-corrected chi connectivity index (χ4v) is 3.59. The maximum Gasteiger partial charge on any atom is 0.299 e. The monoisotopic (exact) mass is 394 g/mol. The molecule has 1 aromatic carbocycles. The van der Waals surface area contributed by atoms with Gasteiger partial charge in [0, 0.05) is 4.47 Å². The average molecular weight is 395 g/mol. The Morgan fingerprint density at radius 3 is 2.70 bits per heavy atom. The van der Waals surface area contributed by atoms with Crippen LogP contribution in [0, 0.1) is 13.8 Å². The molecule has 118 valence electrons. The summed E-state index contributed by atoms with van der Waals surface area (Å²) in [4.78, 5) is 37.6. The number of aryl methyl sites for hydroxylation is 2. The van der Waals surface area contributed by atoms with Gasteiger partial charge in [0.25, 0.3) is 11.7 Å². The molecule has 7 nitrogen and oxygen atoms in total. The molecule has 0 spiro atoms. The van der Waals surface area contributed by atoms with Gasteiger partial charge in [0.05, 0.1) is 11.3 Å². The standard InChI is InChI=1S/C14H11BrN4O3S/c1-6-3-8(15)4-9-11(6)19(13(22)12(9)21)5-10(20)16-14-18-17-7(2)23-14/h3-4H,5H2,1-2H3,(H,16,18,20). The number of nitrogens with zero attached hydrogens (tertiary/aromatic N) is 3. The van der Waals surface area contributed by atoms with Crippen molar-refractivity contribution in [1.82, 2.24) is 10.2 Å². The Hall–Kier alpha value is -2.13. The largest absolute Gasteiger partial charge is 0.299 e. The predicted molar refractivity (Wildman–Crippen MR) is 88.8 cm³/mol. The zero-order valence-electron chi connectivity index (χ0n) is 12.2. The van der Waals surface area contributed by atoms with Gasteiger partial charge in [0.2, 0.25) is 11.0 Å². The van der Waals surface area contributed by atoms with Gasteiger partial charge in [-0.25, -0.2) is 0 Å². The Balaban J connectivity index is 1.85. The van der Waals surface area contributed by atoms with Crippen molar-refractivity contribution in [2.24, 2.45) is 0 Å². The molecular weight excluding hydrogens is 384 g/mol. The van der Waals surface area contributed by atoms with E-state index in [1.54, 1.807) is 26.0 Å². The number of aromatic nitrogens is 2. The number of hydrogen-bond donors (Lipinski definition) is 1. The summed E-state index contributed by atoms with van der Waals surface area (Å²) in [5.74, 6) is -1.74. The SMILES string of the molecule is Cc1nnc(NC(=O)CN2C(=O)C(=O)c3cc(Br)cc(C)c32)s1. The van der Waals surface area contributed by atoms with Gasteiger partial charge in [0.15, 0.2) is 0 Å². The van der Waals surface area contributed by atoms with Gasteiger partial charge in [-0.3, -0.25) is 24.6 Å². The van der Waals surface area contributed by atoms with Crippen LogP contribution in [-0.4, -0.2) is 34.3 Å². The van der Waals surface area contributed by atoms with Crippen LogP contribution in [0.3, 0.4) is 0 Å². The molecule has 0 saturated heterocycles. The minimum absolute atomic E-state index is 0.251. The molecule has 1 N–H and O–H groups in total. The van der Waals surface area contributed by atoms with Gasteiger partial charge in [0.1, 0.15) is 11.6 Å². The van der Waals surface area contributed by atoms with Crippen molar-refractivity contribution in [3.63, 3.8) is 0 Å². The van der Waals surface area contributed by atoms with E-state index in [9.17, 15) is 14.4 Å². The van der Waals surface area contributed by atoms with Crippen LogP contribution in [0.4, 0.5) is 10.8 Å². The Bertz CT molecular complexity index is 849. The highest BCUT2D eigenvalue weighted by atomic mass is 79.9. The number of Topliss-reactive ketones (excluding diaryl/α,β-unsaturated/α-hetero) is 1. The van der Waals surface area contributed by atoms with E-state index in [2.05, 4.69) is 31.4 Å². The van der Waals surface area contributed by atoms with Crippen molar-refractivity contribution in [1.29, 1.82) is 0 Å². The van der Waals surface area contributed by atoms with Gasteiger partial charge in [-0.15, -0.1) is 10.2 Å². The van der Waals surface area contributed by atoms with Crippen molar-refractivity contribution in [3.8, 4) is 0 Å². The second-order valence-corrected chi connectivity index (χ2v) is 7.11. The van der Waals surface area contributed by atoms with E-state index in [-0.39, 0.29) is 6.54 Å². The summed E-state index contributed by atoms with van der Waals surface area (Å²) >= 11 is 4.54. The third-order valence-corrected chi connectivity index (χ3v) is 4.51. The molecule has 0 fully saturated rings. The summed E-state index contributed by atoms with van der Waals surface area (Å²) < 4.78 is 0.713. The molecule has 0 bridgehead atoms. The third kappa shape index (κ3) is 2.89. The minimum Gasteiger partial charge on any atom is -0.299 e. The topological polar surface area (TPSA) is 92.3 Å². The van der Waals surface area contributed by atoms with Crippen LogP contribution in [0.15, 0.2) is 16.6 Å². The van der Waals surface area contributed by atoms with E-state index >= 15 is 0 Å². The number of halogens is 1. The molecule has 0 radical (unpaired) electrons. The Labute approximate surface area is 143 Å². The predicted octanol–water partition coefficient (Wildman–Crippen LogP) is 2.09. The third-order valence-electron chi connectivity index (χ3n) is 3.29. The smallest absolute Gasteiger partial charge is 0.299 e. The molecule has 23 heavy (non-hydrogen) atoms. The molecule has 0 unspecified atom stereocenters. The second-order valence-electron chi connectivity index (χ2n) is 5.01. The molecule has 1 aliphatic heterocycles. The van der Waals surface area contributed by atoms with Crippen LogP contribution < -0.4 is 10.2 Å². The first-order valence-corrected chi connectivity index (χ1v) is 8.24. The number of nitrogens with one attached hydrogen (secondary N) is 1. The van der Waals surface area contributed by atoms with Crippen molar-refractivity contribution in [2.45, 2.75) is 13.8 Å². The van der Waals surface area contributed by atoms with Gasteiger partial charge in [-0.2, -0.15) is 0 Å². The fourth-order valence-electron chi connectivity index (χ4n) is 2.41. The van der Waals surface area contributed by atoms with Gasteiger partial charge in [-0.05, 0) is 31.5 Å². The van der Waals surface area contributed by atoms with E-state index in [0.29, 0.717) is 20.9 Å². The summed E-state index contributed by atoms with van der Waals surface area (Å²) in [6.45, 7) is 3.31. The number of anilines is 2. The number of rotatable bonds is 3. The maximum absolute atomic E-state index is 12.2. The number of benzene rings is 1. The molecule has 2 amide bonds. The van der Waals surface area contributed by atoms with Crippen molar-refractivity contribution < 1.29 is 14.4 Å². The van der Waals surface area contributed by atoms with Gasteiger partial charge < -0.3 is 0 Å². The van der Waals surface area contributed by atoms with Crippen LogP contribution in [0.2, 0.25) is 0 Å². The molecule has 9 heteroatoms. The number of carbonyl (C=O) groups excluding carboxylic acids is 3. The summed E-state index contributed by atoms with van der Waals surface area (Å²) in [6.07, 6.45) is 0. The molecule has 0 saturated carbocycles. The molecule has 1 aliphatic rings. The van der Waals surface area contributed by atoms with Crippen molar-refractivity contribution in [2.75, 3.05) is 16.8 Å². The molecule has 0 aliphatic carbocycles. The number of amides is 2. The summed E-state index contributed by atoms with van der Waals surface area (Å²) in [7, 11) is 0. The summed E-state index contributed by atoms with van der Waals surface area (Å²) in [6, 6.07) is 3.39. The summed E-state index contributed by atoms with van der Waals surface area (Å²) in [5, 5.41) is 11.3. The molecular formula is C14H11BrN4O3S. The second kappa shape index (κ2) is 5.82. The van der Waals surface area contributed by atoms with E-state index < -0.39 is 17.6 Å². The van der Waals surface area contributed by atoms with Crippen LogP contribution >= 0.6 is 27.3 Å². The lowest BCUT2D eigenvalue weighted by molar-refractivity contribution is -0.118. The van der Waals surface area contributed by atoms with Gasteiger partial charge in [-0.1, -0.05) is 27.3 Å². The van der Waals surface area contributed by atoms with Crippen LogP contribution in [0.25, 0.3) is 0 Å². The highest BCUT2D eigenvalue weighted by molar-refractivity contribution is 9.10. The number of ketones is 1. The fraction of sp³-hybridized carbons (Fsp3) is 0.214. The van der Waals surface area contributed by atoms with E-state index in [0.717, 1.165) is 10.6 Å². The van der Waals surface area contributed by atoms with Crippen LogP contribution in [-0.2, 0) is 9.59 Å². The number of carbonyl (C=O) groups is 3. The van der Waals surface area contributed by atoms with E-state index in [1.807, 2.05) is 0 Å². The lowest BCUT2D eigenvalue weighted by Crippen LogP contribution is -2.37. The lowest BCUT2D eigenvalue weighted by atomic mass is 10.1. The molecule has 2 heterocycles. The van der Waals surface area contributed by atoms with Crippen molar-refractivity contribution in [3.05, 3.63) is 32.7 Å².